The monoisotopic (exact) mass is 345 g/mol. The van der Waals surface area contributed by atoms with Crippen LogP contribution in [-0.4, -0.2) is 9.97 Å². The molecule has 2 rings (SSSR count). The Morgan fingerprint density at radius 2 is 2.06 bits per heavy atom. The second-order valence-electron chi connectivity index (χ2n) is 3.37. The summed E-state index contributed by atoms with van der Waals surface area (Å²) < 4.78 is 13.2. The number of aromatic nitrogens is 2. The highest BCUT2D eigenvalue weighted by Crippen LogP contribution is 2.11. The van der Waals surface area contributed by atoms with Gasteiger partial charge in [-0.3, -0.25) is 4.79 Å². The second kappa shape index (κ2) is 5.26. The number of nitrogens with one attached hydrogen (secondary N) is 2. The molecule has 0 saturated carbocycles. The highest BCUT2D eigenvalue weighted by Gasteiger charge is 2.04. The maximum atomic E-state index is 12.7. The Morgan fingerprint density at radius 1 is 1.35 bits per heavy atom. The molecule has 0 amide bonds. The van der Waals surface area contributed by atoms with Gasteiger partial charge in [-0.05, 0) is 40.3 Å². The predicted molar refractivity (Wildman–Crippen MR) is 71.3 cm³/mol. The zero-order valence-electron chi connectivity index (χ0n) is 8.71. The van der Waals surface area contributed by atoms with E-state index < -0.39 is 0 Å². The highest BCUT2D eigenvalue weighted by molar-refractivity contribution is 14.1. The van der Waals surface area contributed by atoms with Crippen molar-refractivity contribution >= 4 is 28.4 Å². The van der Waals surface area contributed by atoms with E-state index in [-0.39, 0.29) is 11.4 Å². The van der Waals surface area contributed by atoms with Crippen LogP contribution >= 0.6 is 22.6 Å². The molecular formula is C11H9FIN3O. The van der Waals surface area contributed by atoms with Gasteiger partial charge in [0.1, 0.15) is 15.2 Å². The molecule has 2 aromatic rings. The van der Waals surface area contributed by atoms with Crippen molar-refractivity contribution in [2.75, 3.05) is 5.32 Å². The summed E-state index contributed by atoms with van der Waals surface area (Å²) in [5, 5.41) is 3.03. The van der Waals surface area contributed by atoms with Crippen molar-refractivity contribution in [1.29, 1.82) is 0 Å². The van der Waals surface area contributed by atoms with E-state index in [0.29, 0.717) is 15.9 Å². The molecule has 0 bridgehead atoms. The van der Waals surface area contributed by atoms with Gasteiger partial charge in [0.05, 0.1) is 6.33 Å². The number of hydrogen-bond acceptors (Lipinski definition) is 3. The van der Waals surface area contributed by atoms with Crippen molar-refractivity contribution in [2.45, 2.75) is 6.54 Å². The summed E-state index contributed by atoms with van der Waals surface area (Å²) in [6.45, 7) is 0.493. The molecule has 0 aliphatic carbocycles. The average Bonchev–Trinajstić information content (AvgIpc) is 2.33. The molecule has 0 unspecified atom stereocenters. The van der Waals surface area contributed by atoms with Crippen molar-refractivity contribution in [3.63, 3.8) is 0 Å². The van der Waals surface area contributed by atoms with E-state index in [9.17, 15) is 9.18 Å². The van der Waals surface area contributed by atoms with Gasteiger partial charge < -0.3 is 10.3 Å². The summed E-state index contributed by atoms with van der Waals surface area (Å²) in [7, 11) is 0. The fourth-order valence-electron chi connectivity index (χ4n) is 1.29. The van der Waals surface area contributed by atoms with Gasteiger partial charge in [0.15, 0.2) is 0 Å². The van der Waals surface area contributed by atoms with Gasteiger partial charge in [-0.2, -0.15) is 0 Å². The Kier molecular flexibility index (Phi) is 3.72. The number of hydrogen-bond donors (Lipinski definition) is 2. The third kappa shape index (κ3) is 3.02. The summed E-state index contributed by atoms with van der Waals surface area (Å²) >= 11 is 1.92. The Morgan fingerprint density at radius 3 is 2.76 bits per heavy atom. The maximum Gasteiger partial charge on any atom is 0.266 e. The van der Waals surface area contributed by atoms with Crippen LogP contribution in [0.3, 0.4) is 0 Å². The molecule has 1 aromatic heterocycles. The normalized spacial score (nSPS) is 10.2. The number of rotatable bonds is 3. The van der Waals surface area contributed by atoms with E-state index in [1.54, 1.807) is 12.1 Å². The molecule has 0 radical (unpaired) electrons. The fourth-order valence-corrected chi connectivity index (χ4v) is 1.78. The molecule has 88 valence electrons. The van der Waals surface area contributed by atoms with Gasteiger partial charge in [0, 0.05) is 6.54 Å². The zero-order valence-corrected chi connectivity index (χ0v) is 10.9. The average molecular weight is 345 g/mol. The van der Waals surface area contributed by atoms with Crippen LogP contribution < -0.4 is 10.9 Å². The summed E-state index contributed by atoms with van der Waals surface area (Å²) in [6.07, 6.45) is 1.34. The topological polar surface area (TPSA) is 57.8 Å². The third-order valence-corrected chi connectivity index (χ3v) is 3.17. The predicted octanol–water partition coefficient (Wildman–Crippen LogP) is 2.13. The molecule has 0 atom stereocenters. The number of benzene rings is 1. The van der Waals surface area contributed by atoms with E-state index >= 15 is 0 Å². The van der Waals surface area contributed by atoms with Gasteiger partial charge in [0.2, 0.25) is 0 Å². The lowest BCUT2D eigenvalue weighted by atomic mass is 10.2. The number of aromatic amines is 1. The van der Waals surface area contributed by atoms with Crippen molar-refractivity contribution < 1.29 is 4.39 Å². The van der Waals surface area contributed by atoms with Crippen molar-refractivity contribution in [2.24, 2.45) is 0 Å². The van der Waals surface area contributed by atoms with Gasteiger partial charge in [-0.15, -0.1) is 0 Å². The minimum atomic E-state index is -0.266. The van der Waals surface area contributed by atoms with Crippen LogP contribution in [0.4, 0.5) is 10.2 Å². The number of H-pyrrole nitrogens is 1. The molecule has 17 heavy (non-hydrogen) atoms. The van der Waals surface area contributed by atoms with Crippen LogP contribution in [0.15, 0.2) is 35.4 Å². The summed E-state index contributed by atoms with van der Waals surface area (Å²) in [5.74, 6) is 0.260. The van der Waals surface area contributed by atoms with E-state index in [0.717, 1.165) is 5.56 Å². The first-order valence-electron chi connectivity index (χ1n) is 4.88. The van der Waals surface area contributed by atoms with Gasteiger partial charge >= 0.3 is 0 Å². The van der Waals surface area contributed by atoms with Gasteiger partial charge in [-0.25, -0.2) is 9.37 Å². The van der Waals surface area contributed by atoms with Gasteiger partial charge in [-0.1, -0.05) is 12.1 Å². The fraction of sp³-hybridized carbons (Fsp3) is 0.0909. The van der Waals surface area contributed by atoms with Gasteiger partial charge in [0.25, 0.3) is 5.56 Å². The SMILES string of the molecule is O=c1[nH]cnc(NCc2ccc(F)cc2)c1I. The minimum Gasteiger partial charge on any atom is -0.365 e. The number of anilines is 1. The first kappa shape index (κ1) is 12.0. The third-order valence-electron chi connectivity index (χ3n) is 2.17. The Balaban J connectivity index is 2.10. The minimum absolute atomic E-state index is 0.179. The van der Waals surface area contributed by atoms with Crippen LogP contribution in [0, 0.1) is 9.39 Å². The quantitative estimate of drug-likeness (QED) is 0.838. The lowest BCUT2D eigenvalue weighted by Gasteiger charge is -2.06. The molecule has 0 aliphatic heterocycles. The van der Waals surface area contributed by atoms with Crippen LogP contribution in [0.2, 0.25) is 0 Å². The highest BCUT2D eigenvalue weighted by atomic mass is 127. The molecule has 6 heteroatoms. The molecule has 0 saturated heterocycles. The molecule has 1 heterocycles. The largest absolute Gasteiger partial charge is 0.365 e. The first-order valence-corrected chi connectivity index (χ1v) is 5.96. The number of halogens is 2. The molecule has 0 fully saturated rings. The maximum absolute atomic E-state index is 12.7. The van der Waals surface area contributed by atoms with Crippen LogP contribution in [0.5, 0.6) is 0 Å². The number of nitrogens with zero attached hydrogens (tertiary/aromatic N) is 1. The summed E-state index contributed by atoms with van der Waals surface area (Å²) in [6, 6.07) is 6.16. The first-order chi connectivity index (χ1) is 8.16. The standard InChI is InChI=1S/C11H9FIN3O/c12-8-3-1-7(2-4-8)5-14-10-9(13)11(17)16-6-15-10/h1-4,6H,5H2,(H2,14,15,16,17). The molecule has 0 aliphatic rings. The smallest absolute Gasteiger partial charge is 0.266 e. The van der Waals surface area contributed by atoms with E-state index in [2.05, 4.69) is 15.3 Å². The van der Waals surface area contributed by atoms with Crippen molar-refractivity contribution in [3.05, 3.63) is 55.9 Å². The van der Waals surface area contributed by atoms with E-state index in [4.69, 9.17) is 0 Å². The van der Waals surface area contributed by atoms with E-state index in [1.807, 2.05) is 22.6 Å². The second-order valence-corrected chi connectivity index (χ2v) is 4.45. The lowest BCUT2D eigenvalue weighted by molar-refractivity contribution is 0.627. The van der Waals surface area contributed by atoms with Crippen molar-refractivity contribution in [1.82, 2.24) is 9.97 Å². The van der Waals surface area contributed by atoms with Crippen LogP contribution in [-0.2, 0) is 6.54 Å². The molecule has 2 N–H and O–H groups in total. The molecular weight excluding hydrogens is 336 g/mol. The lowest BCUT2D eigenvalue weighted by Crippen LogP contribution is -2.14. The van der Waals surface area contributed by atoms with Crippen molar-refractivity contribution in [3.8, 4) is 0 Å². The molecule has 4 nitrogen and oxygen atoms in total. The Bertz CT molecular complexity index is 568. The summed E-state index contributed by atoms with van der Waals surface area (Å²) in [5.41, 5.74) is 0.742. The zero-order chi connectivity index (χ0) is 12.3. The van der Waals surface area contributed by atoms with Crippen LogP contribution in [0.1, 0.15) is 5.56 Å². The van der Waals surface area contributed by atoms with Crippen LogP contribution in [0.25, 0.3) is 0 Å². The summed E-state index contributed by atoms with van der Waals surface area (Å²) in [4.78, 5) is 17.8. The molecule has 0 spiro atoms. The molecule has 1 aromatic carbocycles. The Hall–Kier alpha value is -1.44. The van der Waals surface area contributed by atoms with E-state index in [1.165, 1.54) is 18.5 Å². The Labute approximate surface area is 110 Å².